The Morgan fingerprint density at radius 3 is 1.42 bits per heavy atom. The van der Waals surface area contributed by atoms with Crippen LogP contribution in [0.1, 0.15) is 27.8 Å². The summed E-state index contributed by atoms with van der Waals surface area (Å²) in [5.41, 5.74) is 5.75. The molecule has 176 valence electrons. The van der Waals surface area contributed by atoms with Crippen LogP contribution in [0.25, 0.3) is 61.5 Å². The summed E-state index contributed by atoms with van der Waals surface area (Å²) < 4.78 is 0. The summed E-state index contributed by atoms with van der Waals surface area (Å²) >= 11 is 0. The van der Waals surface area contributed by atoms with E-state index in [1.54, 1.807) is 0 Å². The van der Waals surface area contributed by atoms with E-state index < -0.39 is 0 Å². The Labute approximate surface area is 221 Å². The first-order valence-corrected chi connectivity index (χ1v) is 12.4. The number of benzene rings is 6. The van der Waals surface area contributed by atoms with Gasteiger partial charge in [-0.05, 0) is 78.8 Å². The van der Waals surface area contributed by atoms with E-state index in [4.69, 9.17) is 11.8 Å². The van der Waals surface area contributed by atoms with Crippen molar-refractivity contribution in [3.05, 3.63) is 148 Å². The molecule has 0 heterocycles. The first-order valence-electron chi connectivity index (χ1n) is 12.4. The number of hydrogen-bond donors (Lipinski definition) is 0. The smallest absolute Gasteiger partial charge is 0.187 e. The minimum atomic E-state index is 0.647. The molecule has 0 saturated heterocycles. The average Bonchev–Trinajstić information content (AvgIpc) is 2.99. The third-order valence-corrected chi connectivity index (χ3v) is 6.92. The van der Waals surface area contributed by atoms with Gasteiger partial charge in [-0.2, -0.15) is 5.26 Å². The minimum Gasteiger partial charge on any atom is -0.238 e. The Bertz CT molecular complexity index is 1810. The Morgan fingerprint density at radius 1 is 0.526 bits per heavy atom. The molecule has 0 N–H and O–H groups in total. The fourth-order valence-electron chi connectivity index (χ4n) is 4.98. The molecule has 0 bridgehead atoms. The zero-order chi connectivity index (χ0) is 25.9. The number of rotatable bonds is 4. The van der Waals surface area contributed by atoms with E-state index in [1.807, 2.05) is 48.5 Å². The van der Waals surface area contributed by atoms with Gasteiger partial charge < -0.3 is 0 Å². The van der Waals surface area contributed by atoms with Gasteiger partial charge in [0.1, 0.15) is 0 Å². The van der Waals surface area contributed by atoms with Crippen molar-refractivity contribution < 1.29 is 0 Å². The van der Waals surface area contributed by atoms with Gasteiger partial charge in [0, 0.05) is 0 Å². The maximum absolute atomic E-state index is 9.09. The minimum absolute atomic E-state index is 0.647. The molecule has 0 amide bonds. The Morgan fingerprint density at radius 2 is 0.974 bits per heavy atom. The van der Waals surface area contributed by atoms with Gasteiger partial charge in [-0.3, -0.25) is 0 Å². The monoisotopic (exact) mass is 482 g/mol. The molecule has 0 fully saturated rings. The molecule has 2 nitrogen and oxygen atoms in total. The van der Waals surface area contributed by atoms with Crippen LogP contribution in [0.2, 0.25) is 0 Å². The van der Waals surface area contributed by atoms with Crippen LogP contribution in [0.3, 0.4) is 0 Å². The summed E-state index contributed by atoms with van der Waals surface area (Å²) in [5, 5.41) is 16.4. The van der Waals surface area contributed by atoms with E-state index >= 15 is 0 Å². The van der Waals surface area contributed by atoms with Crippen LogP contribution in [-0.4, -0.2) is 0 Å². The van der Waals surface area contributed by atoms with Gasteiger partial charge in [-0.25, -0.2) is 4.85 Å². The SMILES string of the molecule is [C-]#[N+]c1ccc(C=Cc2cc3c4ccccc4c(C=Cc4ccc(C#N)cc4)cc3c3ccccc23)cc1. The maximum Gasteiger partial charge on any atom is 0.187 e. The molecule has 0 spiro atoms. The van der Waals surface area contributed by atoms with Crippen LogP contribution in [0.4, 0.5) is 5.69 Å². The van der Waals surface area contributed by atoms with Crippen LogP contribution in [0, 0.1) is 17.9 Å². The van der Waals surface area contributed by atoms with E-state index in [0.29, 0.717) is 11.3 Å². The molecule has 0 saturated carbocycles. The topological polar surface area (TPSA) is 28.1 Å². The molecule has 0 atom stereocenters. The summed E-state index contributed by atoms with van der Waals surface area (Å²) in [5.74, 6) is 0. The largest absolute Gasteiger partial charge is 0.238 e. The highest BCUT2D eigenvalue weighted by atomic mass is 14.6. The van der Waals surface area contributed by atoms with Crippen molar-refractivity contribution in [2.24, 2.45) is 0 Å². The third-order valence-electron chi connectivity index (χ3n) is 6.92. The van der Waals surface area contributed by atoms with E-state index in [2.05, 4.69) is 95.9 Å². The van der Waals surface area contributed by atoms with Crippen LogP contribution >= 0.6 is 0 Å². The predicted molar refractivity (Wildman–Crippen MR) is 161 cm³/mol. The molecule has 2 heteroatoms. The van der Waals surface area contributed by atoms with Crippen LogP contribution in [-0.2, 0) is 0 Å². The molecular formula is C36H22N2. The summed E-state index contributed by atoms with van der Waals surface area (Å²) in [6.45, 7) is 7.18. The highest BCUT2D eigenvalue weighted by Gasteiger charge is 2.10. The van der Waals surface area contributed by atoms with E-state index in [-0.39, 0.29) is 0 Å². The second kappa shape index (κ2) is 9.90. The maximum atomic E-state index is 9.09. The first kappa shape index (κ1) is 23.0. The average molecular weight is 483 g/mol. The van der Waals surface area contributed by atoms with Crippen LogP contribution in [0.15, 0.2) is 109 Å². The zero-order valence-electron chi connectivity index (χ0n) is 20.6. The zero-order valence-corrected chi connectivity index (χ0v) is 20.6. The van der Waals surface area contributed by atoms with Crippen molar-refractivity contribution in [1.82, 2.24) is 0 Å². The highest BCUT2D eigenvalue weighted by Crippen LogP contribution is 2.37. The van der Waals surface area contributed by atoms with Gasteiger partial charge >= 0.3 is 0 Å². The molecule has 6 rings (SSSR count). The van der Waals surface area contributed by atoms with Crippen molar-refractivity contribution in [3.8, 4) is 6.07 Å². The van der Waals surface area contributed by atoms with Gasteiger partial charge in [-0.15, -0.1) is 0 Å². The van der Waals surface area contributed by atoms with Crippen molar-refractivity contribution >= 4 is 62.3 Å². The van der Waals surface area contributed by atoms with E-state index in [0.717, 1.165) is 22.3 Å². The van der Waals surface area contributed by atoms with Crippen LogP contribution < -0.4 is 0 Å². The molecule has 38 heavy (non-hydrogen) atoms. The van der Waals surface area contributed by atoms with Gasteiger partial charge in [0.2, 0.25) is 0 Å². The lowest BCUT2D eigenvalue weighted by atomic mass is 9.91. The second-order valence-corrected chi connectivity index (χ2v) is 9.22. The van der Waals surface area contributed by atoms with Crippen LogP contribution in [0.5, 0.6) is 0 Å². The number of hydrogen-bond acceptors (Lipinski definition) is 1. The molecule has 0 aliphatic carbocycles. The van der Waals surface area contributed by atoms with Crippen molar-refractivity contribution in [1.29, 1.82) is 5.26 Å². The molecule has 0 aliphatic heterocycles. The van der Waals surface area contributed by atoms with E-state index in [9.17, 15) is 0 Å². The quantitative estimate of drug-likeness (QED) is 0.140. The van der Waals surface area contributed by atoms with Crippen molar-refractivity contribution in [2.75, 3.05) is 0 Å². The van der Waals surface area contributed by atoms with Gasteiger partial charge in [0.25, 0.3) is 0 Å². The summed E-state index contributed by atoms with van der Waals surface area (Å²) in [6.07, 6.45) is 8.55. The Balaban J connectivity index is 1.52. The Hall–Kier alpha value is -5.44. The fourth-order valence-corrected chi connectivity index (χ4v) is 4.98. The lowest BCUT2D eigenvalue weighted by Gasteiger charge is -2.13. The molecule has 0 aliphatic rings. The lowest BCUT2D eigenvalue weighted by molar-refractivity contribution is 1.48. The first-order chi connectivity index (χ1) is 18.7. The van der Waals surface area contributed by atoms with E-state index in [1.165, 1.54) is 32.3 Å². The lowest BCUT2D eigenvalue weighted by Crippen LogP contribution is -1.87. The number of nitriles is 1. The third kappa shape index (κ3) is 4.33. The molecule has 0 radical (unpaired) electrons. The number of nitrogens with zero attached hydrogens (tertiary/aromatic N) is 2. The summed E-state index contributed by atoms with van der Waals surface area (Å²) in [6, 6.07) is 39.2. The molecular weight excluding hydrogens is 460 g/mol. The Kier molecular flexibility index (Phi) is 5.99. The normalized spacial score (nSPS) is 11.4. The predicted octanol–water partition coefficient (Wildman–Crippen LogP) is 9.91. The fraction of sp³-hybridized carbons (Fsp3) is 0. The second-order valence-electron chi connectivity index (χ2n) is 9.22. The molecule has 0 aromatic heterocycles. The van der Waals surface area contributed by atoms with Gasteiger partial charge in [0.15, 0.2) is 5.69 Å². The standard InChI is InChI=1S/C36H22N2/c1-38-30-20-16-26(17-21-30)15-19-29-23-36-33-8-4-2-6-31(33)28(18-14-25-10-12-27(24-37)13-11-25)22-35(36)34-9-5-3-7-32(29)34/h2-23H. The van der Waals surface area contributed by atoms with Crippen molar-refractivity contribution in [2.45, 2.75) is 0 Å². The molecule has 6 aromatic rings. The van der Waals surface area contributed by atoms with Gasteiger partial charge in [0.05, 0.1) is 18.2 Å². The highest BCUT2D eigenvalue weighted by molar-refractivity contribution is 6.21. The molecule has 6 aromatic carbocycles. The summed E-state index contributed by atoms with van der Waals surface area (Å²) in [4.78, 5) is 3.49. The van der Waals surface area contributed by atoms with Gasteiger partial charge in [-0.1, -0.05) is 109 Å². The molecule has 0 unspecified atom stereocenters. The summed E-state index contributed by atoms with van der Waals surface area (Å²) in [7, 11) is 0. The van der Waals surface area contributed by atoms with Crippen molar-refractivity contribution in [3.63, 3.8) is 0 Å². The number of fused-ring (bicyclic) bond motifs is 5.